The third-order valence-electron chi connectivity index (χ3n) is 3.53. The fourth-order valence-electron chi connectivity index (χ4n) is 2.37. The fraction of sp³-hybridized carbons (Fsp3) is 0.438. The molecule has 0 radical (unpaired) electrons. The second-order valence-electron chi connectivity index (χ2n) is 5.80. The van der Waals surface area contributed by atoms with E-state index in [1.54, 1.807) is 0 Å². The van der Waals surface area contributed by atoms with Gasteiger partial charge in [-0.3, -0.25) is 14.8 Å². The molecule has 10 nitrogen and oxygen atoms in total. The molecule has 0 fully saturated rings. The van der Waals surface area contributed by atoms with E-state index in [-0.39, 0.29) is 10.6 Å². The summed E-state index contributed by atoms with van der Waals surface area (Å²) in [5.74, 6) is 0.0313. The number of nitrogens with one attached hydrogen (secondary N) is 2. The van der Waals surface area contributed by atoms with Gasteiger partial charge in [-0.05, 0) is 24.3 Å². The van der Waals surface area contributed by atoms with Gasteiger partial charge >= 0.3 is 5.97 Å². The van der Waals surface area contributed by atoms with Crippen molar-refractivity contribution in [3.63, 3.8) is 0 Å². The molecule has 1 unspecified atom stereocenters. The molecule has 0 saturated carbocycles. The number of rotatable bonds is 7. The molecule has 1 aromatic rings. The first-order valence-electron chi connectivity index (χ1n) is 8.37. The summed E-state index contributed by atoms with van der Waals surface area (Å²) in [6.07, 6.45) is 2.19. The van der Waals surface area contributed by atoms with Gasteiger partial charge in [-0.15, -0.1) is 0 Å². The normalized spacial score (nSPS) is 16.6. The van der Waals surface area contributed by atoms with E-state index in [4.69, 9.17) is 9.29 Å². The maximum Gasteiger partial charge on any atom is 0.319 e. The van der Waals surface area contributed by atoms with Gasteiger partial charge in [0.05, 0.1) is 24.4 Å². The predicted octanol–water partition coefficient (Wildman–Crippen LogP) is -0.403. The van der Waals surface area contributed by atoms with E-state index in [1.165, 1.54) is 30.5 Å². The van der Waals surface area contributed by atoms with E-state index in [0.29, 0.717) is 0 Å². The van der Waals surface area contributed by atoms with E-state index >= 15 is 0 Å². The lowest BCUT2D eigenvalue weighted by Gasteiger charge is -2.03. The lowest BCUT2D eigenvalue weighted by molar-refractivity contribution is -0.134. The van der Waals surface area contributed by atoms with Crippen molar-refractivity contribution in [2.75, 3.05) is 38.2 Å². The minimum Gasteiger partial charge on any atom is -0.480 e. The van der Waals surface area contributed by atoms with Crippen LogP contribution in [0, 0.1) is 0 Å². The van der Waals surface area contributed by atoms with Crippen molar-refractivity contribution in [1.82, 2.24) is 10.6 Å². The van der Waals surface area contributed by atoms with Crippen molar-refractivity contribution in [3.05, 3.63) is 24.3 Å². The van der Waals surface area contributed by atoms with Gasteiger partial charge in [0.2, 0.25) is 11.1 Å². The number of aliphatic carboxylic acids is 1. The van der Waals surface area contributed by atoms with Gasteiger partial charge in [0.1, 0.15) is 17.4 Å². The third kappa shape index (κ3) is 7.27. The SMILES string of the molecule is C1CNC(CC2=NCCN2)=N1.CS(=O)Oc1ccc(S(=O)(=O)CC(=O)O)cc1. The highest BCUT2D eigenvalue weighted by Crippen LogP contribution is 2.17. The molecule has 0 amide bonds. The van der Waals surface area contributed by atoms with Crippen molar-refractivity contribution < 1.29 is 26.7 Å². The van der Waals surface area contributed by atoms with Crippen LogP contribution in [0.15, 0.2) is 39.1 Å². The van der Waals surface area contributed by atoms with Crippen molar-refractivity contribution >= 4 is 38.6 Å². The number of amidine groups is 2. The molecule has 28 heavy (non-hydrogen) atoms. The Morgan fingerprint density at radius 2 is 1.68 bits per heavy atom. The van der Waals surface area contributed by atoms with Gasteiger partial charge in [-0.25, -0.2) is 12.6 Å². The number of sulfone groups is 1. The van der Waals surface area contributed by atoms with E-state index in [2.05, 4.69) is 20.6 Å². The van der Waals surface area contributed by atoms with Gasteiger partial charge in [0, 0.05) is 19.3 Å². The molecule has 0 aliphatic carbocycles. The molecule has 2 heterocycles. The molecular formula is C16H22N4O6S2. The topological polar surface area (TPSA) is 147 Å². The van der Waals surface area contributed by atoms with Crippen LogP contribution in [-0.4, -0.2) is 73.6 Å². The van der Waals surface area contributed by atoms with Gasteiger partial charge in [-0.1, -0.05) is 0 Å². The highest BCUT2D eigenvalue weighted by Gasteiger charge is 2.18. The molecule has 154 valence electrons. The van der Waals surface area contributed by atoms with Gasteiger partial charge in [-0.2, -0.15) is 0 Å². The molecule has 3 rings (SSSR count). The molecule has 1 atom stereocenters. The first kappa shape index (κ1) is 21.8. The largest absolute Gasteiger partial charge is 0.480 e. The zero-order valence-electron chi connectivity index (χ0n) is 15.3. The number of carboxylic acid groups (broad SMARTS) is 1. The molecule has 0 bridgehead atoms. The maximum absolute atomic E-state index is 11.5. The number of nitrogens with zero attached hydrogens (tertiary/aromatic N) is 2. The van der Waals surface area contributed by atoms with Crippen LogP contribution in [0.1, 0.15) is 6.42 Å². The Morgan fingerprint density at radius 3 is 2.07 bits per heavy atom. The van der Waals surface area contributed by atoms with Crippen LogP contribution in [0.3, 0.4) is 0 Å². The number of hydrogen-bond acceptors (Lipinski definition) is 9. The summed E-state index contributed by atoms with van der Waals surface area (Å²) in [6.45, 7) is 3.82. The summed E-state index contributed by atoms with van der Waals surface area (Å²) in [7, 11) is -3.84. The Morgan fingerprint density at radius 1 is 1.14 bits per heavy atom. The van der Waals surface area contributed by atoms with Gasteiger partial charge < -0.3 is 19.9 Å². The Balaban J connectivity index is 0.000000218. The summed E-state index contributed by atoms with van der Waals surface area (Å²) in [5, 5.41) is 14.9. The first-order valence-corrected chi connectivity index (χ1v) is 11.5. The van der Waals surface area contributed by atoms with Gasteiger partial charge in [0.15, 0.2) is 15.6 Å². The monoisotopic (exact) mass is 430 g/mol. The molecule has 3 N–H and O–H groups in total. The molecule has 0 aromatic heterocycles. The van der Waals surface area contributed by atoms with Crippen LogP contribution >= 0.6 is 0 Å². The summed E-state index contributed by atoms with van der Waals surface area (Å²) >= 11 is -1.50. The third-order valence-corrected chi connectivity index (χ3v) is 5.58. The van der Waals surface area contributed by atoms with Crippen LogP contribution in [0.5, 0.6) is 5.75 Å². The molecule has 0 spiro atoms. The molecule has 2 aliphatic heterocycles. The summed E-state index contributed by atoms with van der Waals surface area (Å²) in [5.41, 5.74) is 0. The minimum atomic E-state index is -3.84. The van der Waals surface area contributed by atoms with Crippen LogP contribution < -0.4 is 14.8 Å². The van der Waals surface area contributed by atoms with Crippen molar-refractivity contribution in [3.8, 4) is 5.75 Å². The van der Waals surface area contributed by atoms with Crippen molar-refractivity contribution in [2.45, 2.75) is 11.3 Å². The number of carboxylic acids is 1. The Hall–Kier alpha value is -2.47. The lowest BCUT2D eigenvalue weighted by atomic mass is 10.3. The molecule has 2 aliphatic rings. The van der Waals surface area contributed by atoms with Crippen molar-refractivity contribution in [2.24, 2.45) is 9.98 Å². The zero-order chi connectivity index (χ0) is 20.6. The maximum atomic E-state index is 11.5. The Bertz CT molecular complexity index is 859. The highest BCUT2D eigenvalue weighted by atomic mass is 32.2. The second kappa shape index (κ2) is 10.2. The standard InChI is InChI=1S/C9H10O6S2.C7H12N4/c1-16(12)15-7-2-4-8(5-3-7)17(13,14)6-9(10)11;1-2-9-6(8-1)5-7-10-3-4-11-7/h2-5H,6H2,1H3,(H,10,11);1-5H2,(H,8,9)(H,10,11). The smallest absolute Gasteiger partial charge is 0.319 e. The average Bonchev–Trinajstić information content (AvgIpc) is 3.29. The van der Waals surface area contributed by atoms with Crippen LogP contribution in [0.2, 0.25) is 0 Å². The first-order chi connectivity index (χ1) is 13.3. The Labute approximate surface area is 165 Å². The van der Waals surface area contributed by atoms with Crippen molar-refractivity contribution in [1.29, 1.82) is 0 Å². The zero-order valence-corrected chi connectivity index (χ0v) is 16.9. The minimum absolute atomic E-state index is 0.117. The number of carbonyl (C=O) groups is 1. The molecule has 1 aromatic carbocycles. The predicted molar refractivity (Wildman–Crippen MR) is 106 cm³/mol. The summed E-state index contributed by atoms with van der Waals surface area (Å²) in [4.78, 5) is 18.8. The van der Waals surface area contributed by atoms with Crippen LogP contribution in [0.25, 0.3) is 0 Å². The summed E-state index contributed by atoms with van der Waals surface area (Å²) in [6, 6.07) is 5.05. The average molecular weight is 431 g/mol. The highest BCUT2D eigenvalue weighted by molar-refractivity contribution is 7.92. The molecular weight excluding hydrogens is 408 g/mol. The number of benzene rings is 1. The van der Waals surface area contributed by atoms with E-state index < -0.39 is 32.6 Å². The molecule has 0 saturated heterocycles. The molecule has 12 heteroatoms. The van der Waals surface area contributed by atoms with E-state index in [1.807, 2.05) is 0 Å². The lowest BCUT2D eigenvalue weighted by Crippen LogP contribution is -2.27. The fourth-order valence-corrected chi connectivity index (χ4v) is 3.80. The summed E-state index contributed by atoms with van der Waals surface area (Å²) < 4.78 is 38.5. The van der Waals surface area contributed by atoms with Crippen LogP contribution in [-0.2, 0) is 25.7 Å². The van der Waals surface area contributed by atoms with Gasteiger partial charge in [0.25, 0.3) is 0 Å². The quantitative estimate of drug-likeness (QED) is 0.529. The van der Waals surface area contributed by atoms with E-state index in [9.17, 15) is 17.4 Å². The van der Waals surface area contributed by atoms with E-state index in [0.717, 1.165) is 44.3 Å². The second-order valence-corrected chi connectivity index (χ2v) is 8.76. The number of hydrogen-bond donors (Lipinski definition) is 3. The Kier molecular flexibility index (Phi) is 7.93. The number of aliphatic imine (C=N–C) groups is 2. The van der Waals surface area contributed by atoms with Crippen LogP contribution in [0.4, 0.5) is 0 Å².